The lowest BCUT2D eigenvalue weighted by Gasteiger charge is -2.51. The highest BCUT2D eigenvalue weighted by Crippen LogP contribution is 2.30. The molecule has 1 unspecified atom stereocenters. The molecule has 1 aliphatic rings. The van der Waals surface area contributed by atoms with E-state index in [-0.39, 0.29) is 11.1 Å². The third kappa shape index (κ3) is 4.08. The van der Waals surface area contributed by atoms with Crippen LogP contribution in [-0.2, 0) is 5.54 Å². The molecule has 0 amide bonds. The number of piperazine rings is 1. The van der Waals surface area contributed by atoms with E-state index in [1.54, 1.807) is 0 Å². The van der Waals surface area contributed by atoms with Crippen molar-refractivity contribution in [2.45, 2.75) is 58.5 Å². The van der Waals surface area contributed by atoms with Crippen LogP contribution >= 0.6 is 0 Å². The lowest BCUT2D eigenvalue weighted by molar-refractivity contribution is 0.0294. The van der Waals surface area contributed by atoms with Crippen molar-refractivity contribution >= 4 is 0 Å². The third-order valence-electron chi connectivity index (χ3n) is 4.89. The number of nitrogens with zero attached hydrogens (tertiary/aromatic N) is 1. The Labute approximate surface area is 130 Å². The molecule has 2 heteroatoms. The van der Waals surface area contributed by atoms with Gasteiger partial charge in [-0.3, -0.25) is 4.90 Å². The van der Waals surface area contributed by atoms with Gasteiger partial charge in [-0.1, -0.05) is 44.2 Å². The normalized spacial score (nSPS) is 26.2. The van der Waals surface area contributed by atoms with Crippen LogP contribution in [0.1, 0.15) is 53.0 Å². The van der Waals surface area contributed by atoms with E-state index in [1.165, 1.54) is 24.9 Å². The molecular formula is C19H32N2. The molecule has 1 saturated heterocycles. The topological polar surface area (TPSA) is 15.3 Å². The average molecular weight is 288 g/mol. The molecule has 1 aromatic rings. The minimum atomic E-state index is 0.0641. The van der Waals surface area contributed by atoms with Crippen molar-refractivity contribution in [2.24, 2.45) is 5.92 Å². The molecule has 2 rings (SSSR count). The molecule has 1 N–H and O–H groups in total. The fraction of sp³-hybridized carbons (Fsp3) is 0.684. The first-order valence-corrected chi connectivity index (χ1v) is 8.39. The Hall–Kier alpha value is -0.860. The second-order valence-electron chi connectivity index (χ2n) is 7.82. The summed E-state index contributed by atoms with van der Waals surface area (Å²) in [5.74, 6) is 0.802. The van der Waals surface area contributed by atoms with Crippen LogP contribution in [-0.4, -0.2) is 30.1 Å². The van der Waals surface area contributed by atoms with Crippen molar-refractivity contribution < 1.29 is 0 Å². The summed E-state index contributed by atoms with van der Waals surface area (Å²) in [4.78, 5) is 2.68. The average Bonchev–Trinajstić information content (AvgIpc) is 2.44. The van der Waals surface area contributed by atoms with Crippen molar-refractivity contribution in [1.29, 1.82) is 0 Å². The second-order valence-corrected chi connectivity index (χ2v) is 7.82. The molecule has 0 aromatic heterocycles. The first kappa shape index (κ1) is 16.5. The number of rotatable bonds is 5. The Balaban J connectivity index is 2.08. The van der Waals surface area contributed by atoms with E-state index in [9.17, 15) is 0 Å². The van der Waals surface area contributed by atoms with E-state index >= 15 is 0 Å². The predicted molar refractivity (Wildman–Crippen MR) is 91.5 cm³/mol. The smallest absolute Gasteiger partial charge is 0.0535 e. The van der Waals surface area contributed by atoms with E-state index in [1.807, 2.05) is 0 Å². The standard InChI is InChI=1S/C19H32N2/c1-16(2)10-9-13-21-15-19(5,20-14-18(21,3)4)17-11-7-6-8-12-17/h6-8,11-12,16,20H,9-10,13-15H2,1-5H3. The zero-order valence-corrected chi connectivity index (χ0v) is 14.4. The Morgan fingerprint density at radius 3 is 2.43 bits per heavy atom. The van der Waals surface area contributed by atoms with Gasteiger partial charge >= 0.3 is 0 Å². The molecule has 1 aromatic carbocycles. The fourth-order valence-corrected chi connectivity index (χ4v) is 3.25. The Kier molecular flexibility index (Phi) is 5.11. The van der Waals surface area contributed by atoms with Crippen molar-refractivity contribution in [2.75, 3.05) is 19.6 Å². The van der Waals surface area contributed by atoms with Crippen LogP contribution < -0.4 is 5.32 Å². The highest BCUT2D eigenvalue weighted by atomic mass is 15.3. The highest BCUT2D eigenvalue weighted by molar-refractivity contribution is 5.25. The Morgan fingerprint density at radius 1 is 1.14 bits per heavy atom. The van der Waals surface area contributed by atoms with Crippen molar-refractivity contribution in [3.63, 3.8) is 0 Å². The number of hydrogen-bond donors (Lipinski definition) is 1. The fourth-order valence-electron chi connectivity index (χ4n) is 3.25. The second kappa shape index (κ2) is 6.50. The summed E-state index contributed by atoms with van der Waals surface area (Å²) in [7, 11) is 0. The van der Waals surface area contributed by atoms with Crippen LogP contribution in [0.5, 0.6) is 0 Å². The maximum absolute atomic E-state index is 3.79. The Morgan fingerprint density at radius 2 is 1.81 bits per heavy atom. The van der Waals surface area contributed by atoms with E-state index in [0.717, 1.165) is 19.0 Å². The number of benzene rings is 1. The first-order valence-electron chi connectivity index (χ1n) is 8.39. The van der Waals surface area contributed by atoms with Crippen LogP contribution in [0.4, 0.5) is 0 Å². The van der Waals surface area contributed by atoms with E-state index in [0.29, 0.717) is 0 Å². The monoisotopic (exact) mass is 288 g/mol. The number of hydrogen-bond acceptors (Lipinski definition) is 2. The number of nitrogens with one attached hydrogen (secondary N) is 1. The molecule has 1 atom stereocenters. The molecule has 0 bridgehead atoms. The molecule has 2 nitrogen and oxygen atoms in total. The van der Waals surface area contributed by atoms with E-state index in [4.69, 9.17) is 0 Å². The molecule has 0 saturated carbocycles. The van der Waals surface area contributed by atoms with E-state index < -0.39 is 0 Å². The summed E-state index contributed by atoms with van der Waals surface area (Å²) in [6.45, 7) is 15.0. The van der Waals surface area contributed by atoms with Gasteiger partial charge in [0, 0.05) is 18.6 Å². The maximum atomic E-state index is 3.79. The Bertz CT molecular complexity index is 438. The van der Waals surface area contributed by atoms with E-state index in [2.05, 4.69) is 75.2 Å². The van der Waals surface area contributed by atoms with Crippen LogP contribution in [0.25, 0.3) is 0 Å². The molecule has 118 valence electrons. The summed E-state index contributed by atoms with van der Waals surface area (Å²) < 4.78 is 0. The molecular weight excluding hydrogens is 256 g/mol. The van der Waals surface area contributed by atoms with Gasteiger partial charge in [-0.15, -0.1) is 0 Å². The molecule has 0 radical (unpaired) electrons. The van der Waals surface area contributed by atoms with Gasteiger partial charge in [0.2, 0.25) is 0 Å². The molecule has 0 aliphatic carbocycles. The van der Waals surface area contributed by atoms with Crippen LogP contribution in [0.3, 0.4) is 0 Å². The summed E-state index contributed by atoms with van der Waals surface area (Å²) in [6, 6.07) is 10.9. The summed E-state index contributed by atoms with van der Waals surface area (Å²) in [5, 5.41) is 3.79. The quantitative estimate of drug-likeness (QED) is 0.880. The highest BCUT2D eigenvalue weighted by Gasteiger charge is 2.40. The van der Waals surface area contributed by atoms with Gasteiger partial charge in [-0.05, 0) is 51.6 Å². The summed E-state index contributed by atoms with van der Waals surface area (Å²) in [5.41, 5.74) is 1.70. The minimum Gasteiger partial charge on any atom is -0.305 e. The van der Waals surface area contributed by atoms with Gasteiger partial charge in [-0.25, -0.2) is 0 Å². The molecule has 21 heavy (non-hydrogen) atoms. The first-order chi connectivity index (χ1) is 9.83. The zero-order valence-electron chi connectivity index (χ0n) is 14.4. The van der Waals surface area contributed by atoms with Crippen LogP contribution in [0.2, 0.25) is 0 Å². The van der Waals surface area contributed by atoms with Gasteiger partial charge < -0.3 is 5.32 Å². The minimum absolute atomic E-state index is 0.0641. The third-order valence-corrected chi connectivity index (χ3v) is 4.89. The SMILES string of the molecule is CC(C)CCCN1CC(C)(c2ccccc2)NCC1(C)C. The van der Waals surface area contributed by atoms with Crippen LogP contribution in [0, 0.1) is 5.92 Å². The van der Waals surface area contributed by atoms with Gasteiger partial charge in [0.1, 0.15) is 0 Å². The van der Waals surface area contributed by atoms with Gasteiger partial charge in [0.05, 0.1) is 5.54 Å². The predicted octanol–water partition coefficient (Wildman–Crippen LogP) is 4.02. The van der Waals surface area contributed by atoms with Gasteiger partial charge in [0.25, 0.3) is 0 Å². The lowest BCUT2D eigenvalue weighted by atomic mass is 9.84. The zero-order chi connectivity index (χ0) is 15.5. The molecule has 1 heterocycles. The van der Waals surface area contributed by atoms with Gasteiger partial charge in [0.15, 0.2) is 0 Å². The lowest BCUT2D eigenvalue weighted by Crippen LogP contribution is -2.65. The van der Waals surface area contributed by atoms with Crippen molar-refractivity contribution in [3.05, 3.63) is 35.9 Å². The van der Waals surface area contributed by atoms with Crippen molar-refractivity contribution in [1.82, 2.24) is 10.2 Å². The summed E-state index contributed by atoms with van der Waals surface area (Å²) in [6.07, 6.45) is 2.62. The van der Waals surface area contributed by atoms with Crippen molar-refractivity contribution in [3.8, 4) is 0 Å². The summed E-state index contributed by atoms with van der Waals surface area (Å²) >= 11 is 0. The molecule has 1 aliphatic heterocycles. The molecule has 0 spiro atoms. The van der Waals surface area contributed by atoms with Crippen LogP contribution in [0.15, 0.2) is 30.3 Å². The van der Waals surface area contributed by atoms with Gasteiger partial charge in [-0.2, -0.15) is 0 Å². The largest absolute Gasteiger partial charge is 0.305 e. The maximum Gasteiger partial charge on any atom is 0.0535 e. The molecule has 1 fully saturated rings.